The molecular weight excluding hydrogens is 402 g/mol. The molecule has 0 aromatic carbocycles. The van der Waals surface area contributed by atoms with Gasteiger partial charge in [-0.3, -0.25) is 8.49 Å². The Morgan fingerprint density at radius 3 is 2.48 bits per heavy atom. The number of hydrogen-bond acceptors (Lipinski definition) is 12. The Morgan fingerprint density at radius 1 is 1.32 bits per heavy atom. The van der Waals surface area contributed by atoms with Gasteiger partial charge in [-0.1, -0.05) is 16.9 Å². The summed E-state index contributed by atoms with van der Waals surface area (Å²) in [6.07, 6.45) is -4.03. The summed E-state index contributed by atoms with van der Waals surface area (Å²) in [6, 6.07) is 0. The first-order valence-electron chi connectivity index (χ1n) is 7.03. The van der Waals surface area contributed by atoms with Crippen molar-refractivity contribution in [3.8, 4) is 0 Å². The second kappa shape index (κ2) is 10.1. The zero-order chi connectivity index (χ0) is 19.2. The highest BCUT2D eigenvalue weighted by molar-refractivity contribution is 8.14. The molecule has 6 atom stereocenters. The van der Waals surface area contributed by atoms with Crippen LogP contribution in [-0.4, -0.2) is 91.1 Å². The van der Waals surface area contributed by atoms with Crippen LogP contribution >= 0.6 is 11.8 Å². The summed E-state index contributed by atoms with van der Waals surface area (Å²) >= 11 is 0.659. The molecule has 148 valence electrons. The molecule has 0 amide bonds. The van der Waals surface area contributed by atoms with Gasteiger partial charge in [-0.2, -0.15) is 8.42 Å². The van der Waals surface area contributed by atoms with E-state index in [-0.39, 0.29) is 17.2 Å². The predicted octanol–water partition coefficient (Wildman–Crippen LogP) is -2.53. The quantitative estimate of drug-likeness (QED) is 0.106. The largest absolute Gasteiger partial charge is 0.714 e. The zero-order valence-electron chi connectivity index (χ0n) is 13.1. The van der Waals surface area contributed by atoms with Gasteiger partial charge >= 0.3 is 0 Å². The molecule has 1 heterocycles. The van der Waals surface area contributed by atoms with E-state index in [0.29, 0.717) is 18.2 Å². The molecule has 0 saturated carbocycles. The normalized spacial score (nSPS) is 32.4. The lowest BCUT2D eigenvalue weighted by Crippen LogP contribution is -2.57. The molecule has 0 aliphatic carbocycles. The first-order valence-corrected chi connectivity index (χ1v) is 11.0. The third kappa shape index (κ3) is 7.84. The van der Waals surface area contributed by atoms with Crippen molar-refractivity contribution < 1.29 is 46.6 Å². The molecule has 0 spiro atoms. The molecule has 1 saturated heterocycles. The van der Waals surface area contributed by atoms with Crippen molar-refractivity contribution in [2.45, 2.75) is 42.7 Å². The van der Waals surface area contributed by atoms with Crippen molar-refractivity contribution in [1.29, 1.82) is 0 Å². The lowest BCUT2D eigenvalue weighted by atomic mass is 10.0. The van der Waals surface area contributed by atoms with Gasteiger partial charge in [0.2, 0.25) is 0 Å². The first-order chi connectivity index (χ1) is 11.5. The van der Waals surface area contributed by atoms with Gasteiger partial charge < -0.3 is 29.7 Å². The zero-order valence-corrected chi connectivity index (χ0v) is 15.6. The smallest absolute Gasteiger partial charge is 0.284 e. The molecule has 1 unspecified atom stereocenters. The number of rotatable bonds is 8. The van der Waals surface area contributed by atoms with Crippen molar-refractivity contribution in [1.82, 2.24) is 0 Å². The Bertz CT molecular complexity index is 581. The van der Waals surface area contributed by atoms with Crippen molar-refractivity contribution >= 4 is 38.0 Å². The van der Waals surface area contributed by atoms with Crippen LogP contribution in [0.3, 0.4) is 0 Å². The van der Waals surface area contributed by atoms with Gasteiger partial charge in [-0.25, -0.2) is 0 Å². The fourth-order valence-corrected chi connectivity index (χ4v) is 3.83. The van der Waals surface area contributed by atoms with E-state index in [1.54, 1.807) is 0 Å². The summed E-state index contributed by atoms with van der Waals surface area (Å²) in [5, 5.41) is 41.7. The number of hydrogen-bond donors (Lipinski definition) is 4. The van der Waals surface area contributed by atoms with E-state index in [1.807, 2.05) is 0 Å². The topological polar surface area (TPSA) is 186 Å². The van der Waals surface area contributed by atoms with Crippen LogP contribution in [0.5, 0.6) is 0 Å². The minimum Gasteiger partial charge on any atom is -0.714 e. The first kappa shape index (κ1) is 22.7. The van der Waals surface area contributed by atoms with Gasteiger partial charge in [0.1, 0.15) is 34.9 Å². The van der Waals surface area contributed by atoms with Gasteiger partial charge in [-0.15, -0.1) is 0 Å². The average Bonchev–Trinajstić information content (AvgIpc) is 2.51. The van der Waals surface area contributed by atoms with E-state index >= 15 is 0 Å². The molecule has 1 aliphatic rings. The summed E-state index contributed by atoms with van der Waals surface area (Å²) in [7, 11) is -6.20. The maximum absolute atomic E-state index is 11.1. The lowest BCUT2D eigenvalue weighted by Gasteiger charge is -2.39. The Hall–Kier alpha value is -0.320. The second-order valence-corrected chi connectivity index (χ2v) is 8.86. The van der Waals surface area contributed by atoms with Gasteiger partial charge in [0.15, 0.2) is 0 Å². The van der Waals surface area contributed by atoms with Crippen molar-refractivity contribution in [2.75, 3.05) is 18.6 Å². The van der Waals surface area contributed by atoms with Crippen LogP contribution in [0.4, 0.5) is 0 Å². The van der Waals surface area contributed by atoms with Gasteiger partial charge in [0.25, 0.3) is 10.4 Å². The highest BCUT2D eigenvalue weighted by Gasteiger charge is 2.44. The van der Waals surface area contributed by atoms with Crippen LogP contribution in [0.1, 0.15) is 12.8 Å². The van der Waals surface area contributed by atoms with Crippen LogP contribution in [0.15, 0.2) is 5.16 Å². The number of aliphatic hydroxyl groups excluding tert-OH is 4. The van der Waals surface area contributed by atoms with Crippen LogP contribution in [0.25, 0.3) is 0 Å². The van der Waals surface area contributed by atoms with Crippen LogP contribution in [0, 0.1) is 0 Å². The molecule has 14 heteroatoms. The third-order valence-corrected chi connectivity index (χ3v) is 5.45. The van der Waals surface area contributed by atoms with Gasteiger partial charge in [-0.05, 0) is 6.42 Å². The number of nitrogens with zero attached hydrogens (tertiary/aromatic N) is 1. The van der Waals surface area contributed by atoms with E-state index in [1.165, 1.54) is 6.26 Å². The summed E-state index contributed by atoms with van der Waals surface area (Å²) in [4.78, 5) is 0. The Balaban J connectivity index is 2.85. The lowest BCUT2D eigenvalue weighted by molar-refractivity contribution is -0.205. The summed E-state index contributed by atoms with van der Waals surface area (Å²) < 4.78 is 51.8. The van der Waals surface area contributed by atoms with Crippen LogP contribution < -0.4 is 0 Å². The Labute approximate surface area is 151 Å². The van der Waals surface area contributed by atoms with E-state index < -0.39 is 57.7 Å². The van der Waals surface area contributed by atoms with Gasteiger partial charge in [0, 0.05) is 29.2 Å². The molecule has 0 aromatic rings. The molecule has 1 rings (SSSR count). The Kier molecular flexibility index (Phi) is 9.20. The molecule has 1 aliphatic heterocycles. The maximum Gasteiger partial charge on any atom is 0.284 e. The van der Waals surface area contributed by atoms with Crippen molar-refractivity contribution in [3.05, 3.63) is 0 Å². The number of oxime groups is 1. The van der Waals surface area contributed by atoms with E-state index in [0.717, 1.165) is 0 Å². The fourth-order valence-electron chi connectivity index (χ4n) is 1.94. The summed E-state index contributed by atoms with van der Waals surface area (Å²) in [5.41, 5.74) is -1.21. The summed E-state index contributed by atoms with van der Waals surface area (Å²) in [5.74, 6) is 0.276. The third-order valence-electron chi connectivity index (χ3n) is 3.15. The number of aliphatic hydroxyl groups is 4. The van der Waals surface area contributed by atoms with E-state index in [2.05, 4.69) is 9.44 Å². The standard InChI is InChI=1S/C11H21NO10S3/c1-24(17)4-2-3-7(12-22-25(18,19)20)23-11-10(16)9(15)8(14)6(5-13)21-11/h6,8-11,13-16H,2-5H2,1H3,(H,18,19,20)/p-1/b12-7-/t6-,8-,9+,10-,11+,24?/m1/s1. The number of thioether (sulfide) groups is 1. The molecule has 0 aromatic heterocycles. The monoisotopic (exact) mass is 422 g/mol. The van der Waals surface area contributed by atoms with Gasteiger partial charge in [0.05, 0.1) is 6.61 Å². The number of ether oxygens (including phenoxy) is 1. The molecule has 0 radical (unpaired) electrons. The van der Waals surface area contributed by atoms with Crippen molar-refractivity contribution in [2.24, 2.45) is 5.16 Å². The maximum atomic E-state index is 11.1. The predicted molar refractivity (Wildman–Crippen MR) is 87.7 cm³/mol. The Morgan fingerprint density at radius 2 is 1.96 bits per heavy atom. The molecular formula is C11H20NO10S3-. The molecule has 25 heavy (non-hydrogen) atoms. The highest BCUT2D eigenvalue weighted by Crippen LogP contribution is 2.30. The summed E-state index contributed by atoms with van der Waals surface area (Å²) in [6.45, 7) is -0.630. The minimum absolute atomic E-state index is 0.0609. The van der Waals surface area contributed by atoms with E-state index in [9.17, 15) is 32.5 Å². The molecule has 1 fully saturated rings. The van der Waals surface area contributed by atoms with Crippen LogP contribution in [-0.2, 0) is 30.2 Å². The molecule has 0 bridgehead atoms. The van der Waals surface area contributed by atoms with E-state index in [4.69, 9.17) is 9.84 Å². The minimum atomic E-state index is -5.09. The highest BCUT2D eigenvalue weighted by atomic mass is 32.3. The molecule has 11 nitrogen and oxygen atoms in total. The molecule has 4 N–H and O–H groups in total. The average molecular weight is 422 g/mol. The SMILES string of the molecule is CS(=O)CCC/C(=N/OS(=O)(=O)[O-])S[C@@H]1O[C@H](CO)[C@@H](O)[C@H](O)[C@H]1O. The fraction of sp³-hybridized carbons (Fsp3) is 0.909. The second-order valence-electron chi connectivity index (χ2n) is 5.16. The van der Waals surface area contributed by atoms with Crippen LogP contribution in [0.2, 0.25) is 0 Å². The van der Waals surface area contributed by atoms with Crippen molar-refractivity contribution in [3.63, 3.8) is 0 Å².